The molecule has 3 nitrogen and oxygen atoms in total. The number of para-hydroxylation sites is 1. The molecule has 0 bridgehead atoms. The van der Waals surface area contributed by atoms with E-state index >= 15 is 0 Å². The summed E-state index contributed by atoms with van der Waals surface area (Å²) in [4.78, 5) is 10.2. The molecule has 4 aliphatic carbocycles. The first kappa shape index (κ1) is 65.0. The first-order valence-corrected chi connectivity index (χ1v) is 30.2. The van der Waals surface area contributed by atoms with Gasteiger partial charge in [0.25, 0.3) is 0 Å². The van der Waals surface area contributed by atoms with Crippen molar-refractivity contribution in [2.45, 2.75) is 144 Å². The maximum absolute atomic E-state index is 5.15. The van der Waals surface area contributed by atoms with E-state index < -0.39 is 0 Å². The summed E-state index contributed by atoms with van der Waals surface area (Å²) >= 11 is 0. The monoisotopic (exact) mass is 1080 g/mol. The Hall–Kier alpha value is -7.87. The molecule has 0 fully saturated rings. The van der Waals surface area contributed by atoms with Gasteiger partial charge in [0.15, 0.2) is 0 Å². The quantitative estimate of drug-likeness (QED) is 0.0298. The molecule has 4 aliphatic rings. The molecule has 0 saturated heterocycles. The molecule has 0 N–H and O–H groups in total. The molecule has 0 unspecified atom stereocenters. The molecule has 1 aromatic heterocycles. The third kappa shape index (κ3) is 20.3. The number of hydrogen-bond donors (Lipinski definition) is 0. The first-order chi connectivity index (χ1) is 40.3. The summed E-state index contributed by atoms with van der Waals surface area (Å²) in [5, 5.41) is 3.80. The summed E-state index contributed by atoms with van der Waals surface area (Å²) in [6, 6.07) is 18.1. The van der Waals surface area contributed by atoms with E-state index in [0.29, 0.717) is 19.5 Å². The second kappa shape index (κ2) is 37.2. The van der Waals surface area contributed by atoms with E-state index in [1.54, 1.807) is 0 Å². The van der Waals surface area contributed by atoms with Crippen LogP contribution in [-0.4, -0.2) is 35.4 Å². The Kier molecular flexibility index (Phi) is 29.5. The summed E-state index contributed by atoms with van der Waals surface area (Å²) in [6.45, 7) is 28.7. The smallest absolute Gasteiger partial charge is 0.0683 e. The van der Waals surface area contributed by atoms with Crippen molar-refractivity contribution in [1.82, 2.24) is 4.57 Å². The Labute approximate surface area is 496 Å². The number of rotatable bonds is 23. The molecule has 82 heavy (non-hydrogen) atoms. The number of fused-ring (bicyclic) bond motifs is 1. The molecule has 0 saturated carbocycles. The van der Waals surface area contributed by atoms with Gasteiger partial charge in [-0.3, -0.25) is 0 Å². The molecule has 0 spiro atoms. The molecule has 0 radical (unpaired) electrons. The van der Waals surface area contributed by atoms with Crippen LogP contribution in [0.5, 0.6) is 0 Å². The maximum atomic E-state index is 5.15. The Balaban J connectivity index is 0.00000301. The molecular weight excluding hydrogens is 990 g/mol. The van der Waals surface area contributed by atoms with E-state index in [1.165, 1.54) is 77.1 Å². The topological polar surface area (TPSA) is 29.6 Å². The van der Waals surface area contributed by atoms with Gasteiger partial charge in [-0.15, -0.1) is 19.4 Å². The van der Waals surface area contributed by atoms with Gasteiger partial charge >= 0.3 is 301 Å². The number of aromatic nitrogens is 1. The summed E-state index contributed by atoms with van der Waals surface area (Å²) in [6.07, 6.45) is 74.1. The van der Waals surface area contributed by atoms with Gasteiger partial charge in [-0.25, -0.2) is 0 Å². The molecule has 1 heterocycles. The van der Waals surface area contributed by atoms with Crippen LogP contribution >= 0.6 is 0 Å². The number of terminal acetylenes is 1. The van der Waals surface area contributed by atoms with Gasteiger partial charge in [-0.1, -0.05) is 99.3 Å². The van der Waals surface area contributed by atoms with Crippen LogP contribution in [0.25, 0.3) is 28.6 Å². The number of unbranched alkanes of at least 4 members (excludes halogenated alkanes) is 1. The average Bonchev–Trinajstić information content (AvgIpc) is 3.88. The second-order valence-corrected chi connectivity index (χ2v) is 20.6. The minimum atomic E-state index is 0.543. The second-order valence-electron chi connectivity index (χ2n) is 20.6. The third-order valence-corrected chi connectivity index (χ3v) is 14.8. The van der Waals surface area contributed by atoms with Gasteiger partial charge in [0.05, 0.1) is 0 Å². The largest absolute Gasteiger partial charge is 0.0683 e. The van der Waals surface area contributed by atoms with E-state index in [1.807, 2.05) is 32.0 Å². The molecule has 2 aromatic carbocycles. The minimum Gasteiger partial charge on any atom is -0.0683 e. The SMILES string of the molecule is C#C.C=CC=B/C(=C\CC(=C)N=C(CC/C=C\CCC=C)CN=C(C)C1=CC=CCC=C1)Cn1c(=C/CC)/c(=C\Cc2cccc(C3=CC(/C4=C/CC5=C(CC=CC=C5)C(/C=C\CC)=C(/C)CCC4)=CC=CC3)c2)c2ccccc21.CC. The summed E-state index contributed by atoms with van der Waals surface area (Å²) in [5.74, 6) is 2.04. The van der Waals surface area contributed by atoms with Crippen molar-refractivity contribution in [1.29, 1.82) is 0 Å². The Morgan fingerprint density at radius 2 is 1.63 bits per heavy atom. The average molecular weight is 1080 g/mol. The van der Waals surface area contributed by atoms with Gasteiger partial charge in [0, 0.05) is 0 Å². The molecule has 3 aromatic rings. The molecule has 0 aliphatic heterocycles. The fourth-order valence-corrected chi connectivity index (χ4v) is 10.6. The fourth-order valence-electron chi connectivity index (χ4n) is 10.6. The van der Waals surface area contributed by atoms with E-state index in [-0.39, 0.29) is 0 Å². The molecule has 422 valence electrons. The van der Waals surface area contributed by atoms with Gasteiger partial charge in [-0.2, -0.15) is 0 Å². The van der Waals surface area contributed by atoms with Crippen molar-refractivity contribution < 1.29 is 0 Å². The third-order valence-electron chi connectivity index (χ3n) is 14.8. The van der Waals surface area contributed by atoms with E-state index in [4.69, 9.17) is 9.98 Å². The standard InChI is InChI=1S/C74H84BN3.C2H6.C2H2/c1-8-12-14-15-16-23-41-68(55-76-59(7)61-34-20-17-18-21-35-61)77-58(6)46-50-67(75-52-11-4)56-78-73(31-10-3)72(71-44-27-28-45-74(71)78)51-47-60-33-30-40-64(53-60)66-38-26-25-37-65(54-66)62-39-29-32-57(5)69(42-13-9-2)70-43-24-19-22-36-63(70)49-48-62;2*1-2/h8,11,13,15-17,19-22,24-28,30-31,33-37,40,42,44-45,48,50-54H,1,4,6,9-10,12,14,18,23,29,32,38-39,41,43,46-47,49,55-56H2,2-3,5,7H3;1-2H3;1-2H/b16-15-,42-13-,62-48+,67-50-,69-57-,72-51-,73-31+,76-59?,77-68?;;. The van der Waals surface area contributed by atoms with Crippen LogP contribution in [0.4, 0.5) is 0 Å². The number of aliphatic imine (C=N–C) groups is 2. The van der Waals surface area contributed by atoms with Crippen LogP contribution < -0.4 is 10.6 Å². The summed E-state index contributed by atoms with van der Waals surface area (Å²) < 4.78 is 2.49. The van der Waals surface area contributed by atoms with Gasteiger partial charge < -0.3 is 0 Å². The van der Waals surface area contributed by atoms with E-state index in [9.17, 15) is 0 Å². The van der Waals surface area contributed by atoms with Crippen LogP contribution in [0.2, 0.25) is 0 Å². The number of nitrogens with zero attached hydrogens (tertiary/aromatic N) is 3. The predicted molar refractivity (Wildman–Crippen MR) is 368 cm³/mol. The summed E-state index contributed by atoms with van der Waals surface area (Å²) in [7, 11) is 0. The zero-order valence-electron chi connectivity index (χ0n) is 50.7. The molecule has 7 rings (SSSR count). The van der Waals surface area contributed by atoms with Crippen LogP contribution in [0.3, 0.4) is 0 Å². The summed E-state index contributed by atoms with van der Waals surface area (Å²) in [5.41, 5.74) is 19.0. The Morgan fingerprint density at radius 1 is 0.817 bits per heavy atom. The molecule has 0 amide bonds. The van der Waals surface area contributed by atoms with Crippen molar-refractivity contribution in [3.63, 3.8) is 0 Å². The minimum absolute atomic E-state index is 0.543. The number of hydrogen-bond acceptors (Lipinski definition) is 2. The van der Waals surface area contributed by atoms with Crippen molar-refractivity contribution in [2.75, 3.05) is 6.54 Å². The van der Waals surface area contributed by atoms with Crippen molar-refractivity contribution in [3.8, 4) is 12.8 Å². The van der Waals surface area contributed by atoms with Crippen LogP contribution in [0, 0.1) is 12.8 Å². The van der Waals surface area contributed by atoms with Gasteiger partial charge in [0.1, 0.15) is 0 Å². The zero-order valence-corrected chi connectivity index (χ0v) is 50.7. The van der Waals surface area contributed by atoms with Crippen LogP contribution in [0.15, 0.2) is 256 Å². The normalized spacial score (nSPS) is 18.1. The number of benzene rings is 2. The number of allylic oxidation sites excluding steroid dienone is 30. The maximum Gasteiger partial charge on any atom is -0.0683 e. The van der Waals surface area contributed by atoms with Crippen molar-refractivity contribution in [2.24, 2.45) is 9.98 Å². The van der Waals surface area contributed by atoms with Crippen LogP contribution in [-0.2, 0) is 13.0 Å². The Bertz CT molecular complexity index is 3380. The molecule has 4 heteroatoms. The van der Waals surface area contributed by atoms with Crippen molar-refractivity contribution >= 4 is 52.9 Å². The van der Waals surface area contributed by atoms with E-state index in [2.05, 4.69) is 248 Å². The molecular formula is C78H92BN3. The van der Waals surface area contributed by atoms with Gasteiger partial charge in [-0.05, 0) is 79.7 Å². The Morgan fingerprint density at radius 3 is 2.45 bits per heavy atom. The zero-order chi connectivity index (χ0) is 58.7. The fraction of sp³-hybridized carbons (Fsp3) is 0.295. The van der Waals surface area contributed by atoms with Crippen LogP contribution in [0.1, 0.15) is 143 Å². The van der Waals surface area contributed by atoms with Gasteiger partial charge in [0.2, 0.25) is 0 Å². The van der Waals surface area contributed by atoms with E-state index in [0.717, 1.165) is 113 Å². The predicted octanol–water partition coefficient (Wildman–Crippen LogP) is 19.1. The molecule has 0 atom stereocenters. The van der Waals surface area contributed by atoms with Crippen molar-refractivity contribution in [3.05, 3.63) is 268 Å². The first-order valence-electron chi connectivity index (χ1n) is 30.2.